The standard InChI is InChI=1S/C20H36N2O4.3C2H6/c1-17(23)11-5-3-9-15-21-19(25)13-7-8-14-20(26)22-16-10-4-6-12-18(2)24;3*1-2/h3-16H2,1-2H3,(H,21,25)(H,22,26);3*1-2H3. The molecule has 32 heavy (non-hydrogen) atoms. The second-order valence-electron chi connectivity index (χ2n) is 6.93. The zero-order valence-corrected chi connectivity index (χ0v) is 22.5. The van der Waals surface area contributed by atoms with Crippen molar-refractivity contribution >= 4 is 23.4 Å². The van der Waals surface area contributed by atoms with Gasteiger partial charge in [-0.2, -0.15) is 0 Å². The Morgan fingerprint density at radius 3 is 1.00 bits per heavy atom. The van der Waals surface area contributed by atoms with Crippen molar-refractivity contribution in [2.24, 2.45) is 0 Å². The highest BCUT2D eigenvalue weighted by Gasteiger charge is 2.04. The average Bonchev–Trinajstić information content (AvgIpc) is 2.79. The van der Waals surface area contributed by atoms with Gasteiger partial charge in [0.25, 0.3) is 0 Å². The molecule has 6 heteroatoms. The monoisotopic (exact) mass is 458 g/mol. The van der Waals surface area contributed by atoms with Crippen LogP contribution < -0.4 is 10.6 Å². The van der Waals surface area contributed by atoms with Crippen molar-refractivity contribution < 1.29 is 19.2 Å². The van der Waals surface area contributed by atoms with Gasteiger partial charge in [0.1, 0.15) is 11.6 Å². The average molecular weight is 459 g/mol. The zero-order valence-electron chi connectivity index (χ0n) is 22.5. The first kappa shape index (κ1) is 37.6. The minimum atomic E-state index is 0.0300. The fourth-order valence-corrected chi connectivity index (χ4v) is 2.55. The summed E-state index contributed by atoms with van der Waals surface area (Å²) in [6.45, 7) is 16.5. The summed E-state index contributed by atoms with van der Waals surface area (Å²) in [5.74, 6) is 0.488. The minimum absolute atomic E-state index is 0.0300. The molecule has 0 spiro atoms. The summed E-state index contributed by atoms with van der Waals surface area (Å²) in [6, 6.07) is 0. The lowest BCUT2D eigenvalue weighted by Gasteiger charge is -2.06. The predicted molar refractivity (Wildman–Crippen MR) is 137 cm³/mol. The molecular formula is C26H54N2O4. The summed E-state index contributed by atoms with van der Waals surface area (Å²) in [6.07, 6.45) is 9.03. The van der Waals surface area contributed by atoms with E-state index in [0.29, 0.717) is 51.6 Å². The van der Waals surface area contributed by atoms with Crippen LogP contribution in [0.25, 0.3) is 0 Å². The van der Waals surface area contributed by atoms with Gasteiger partial charge in [0, 0.05) is 38.8 Å². The van der Waals surface area contributed by atoms with Crippen LogP contribution in [0, 0.1) is 0 Å². The van der Waals surface area contributed by atoms with Gasteiger partial charge in [0.05, 0.1) is 0 Å². The predicted octanol–water partition coefficient (Wildman–Crippen LogP) is 6.16. The van der Waals surface area contributed by atoms with Crippen molar-refractivity contribution in [3.63, 3.8) is 0 Å². The third-order valence-electron chi connectivity index (χ3n) is 4.11. The molecule has 0 aromatic heterocycles. The third kappa shape index (κ3) is 38.8. The van der Waals surface area contributed by atoms with E-state index in [9.17, 15) is 19.2 Å². The summed E-state index contributed by atoms with van der Waals surface area (Å²) >= 11 is 0. The summed E-state index contributed by atoms with van der Waals surface area (Å²) in [5, 5.41) is 5.74. The fraction of sp³-hybridized carbons (Fsp3) is 0.846. The van der Waals surface area contributed by atoms with Crippen molar-refractivity contribution in [3.05, 3.63) is 0 Å². The SMILES string of the molecule is CC.CC.CC.CC(=O)CCCCCNC(=O)CCCCC(=O)NCCCCCC(C)=O. The van der Waals surface area contributed by atoms with E-state index in [-0.39, 0.29) is 23.4 Å². The van der Waals surface area contributed by atoms with Crippen LogP contribution in [0.4, 0.5) is 0 Å². The van der Waals surface area contributed by atoms with Crippen molar-refractivity contribution in [3.8, 4) is 0 Å². The van der Waals surface area contributed by atoms with E-state index >= 15 is 0 Å². The molecule has 0 fully saturated rings. The van der Waals surface area contributed by atoms with Crippen LogP contribution in [0.2, 0.25) is 0 Å². The van der Waals surface area contributed by atoms with Gasteiger partial charge in [-0.25, -0.2) is 0 Å². The Hall–Kier alpha value is -1.72. The van der Waals surface area contributed by atoms with Gasteiger partial charge in [-0.1, -0.05) is 54.4 Å². The van der Waals surface area contributed by atoms with Gasteiger partial charge in [-0.15, -0.1) is 0 Å². The number of carbonyl (C=O) groups excluding carboxylic acids is 4. The van der Waals surface area contributed by atoms with Crippen molar-refractivity contribution in [2.45, 2.75) is 132 Å². The number of hydrogen-bond acceptors (Lipinski definition) is 4. The molecule has 0 aromatic rings. The molecule has 0 aromatic carbocycles. The molecule has 192 valence electrons. The summed E-state index contributed by atoms with van der Waals surface area (Å²) in [7, 11) is 0. The molecule has 2 amide bonds. The number of ketones is 2. The van der Waals surface area contributed by atoms with Crippen LogP contribution in [0.1, 0.15) is 132 Å². The van der Waals surface area contributed by atoms with Crippen LogP contribution in [0.5, 0.6) is 0 Å². The first-order chi connectivity index (χ1) is 15.4. The number of carbonyl (C=O) groups is 4. The number of unbranched alkanes of at least 4 members (excludes halogenated alkanes) is 5. The van der Waals surface area contributed by atoms with Gasteiger partial charge in [-0.3, -0.25) is 9.59 Å². The zero-order chi connectivity index (χ0) is 25.6. The van der Waals surface area contributed by atoms with Crippen molar-refractivity contribution in [1.82, 2.24) is 10.6 Å². The molecule has 0 saturated carbocycles. The second-order valence-corrected chi connectivity index (χ2v) is 6.93. The topological polar surface area (TPSA) is 92.3 Å². The lowest BCUT2D eigenvalue weighted by Crippen LogP contribution is -2.25. The van der Waals surface area contributed by atoms with Crippen molar-refractivity contribution in [1.29, 1.82) is 0 Å². The molecule has 6 nitrogen and oxygen atoms in total. The molecule has 0 aliphatic carbocycles. The first-order valence-corrected chi connectivity index (χ1v) is 12.9. The van der Waals surface area contributed by atoms with E-state index in [2.05, 4.69) is 10.6 Å². The molecule has 0 rings (SSSR count). The Morgan fingerprint density at radius 2 is 0.719 bits per heavy atom. The Morgan fingerprint density at radius 1 is 0.438 bits per heavy atom. The van der Waals surface area contributed by atoms with Gasteiger partial charge in [-0.05, 0) is 52.4 Å². The van der Waals surface area contributed by atoms with E-state index in [0.717, 1.165) is 38.5 Å². The lowest BCUT2D eigenvalue weighted by atomic mass is 10.1. The highest BCUT2D eigenvalue weighted by molar-refractivity contribution is 5.77. The second kappa shape index (κ2) is 33.9. The maximum Gasteiger partial charge on any atom is 0.219 e. The normalized spacial score (nSPS) is 9.00. The molecule has 0 aliphatic heterocycles. The van der Waals surface area contributed by atoms with E-state index in [4.69, 9.17) is 0 Å². The maximum absolute atomic E-state index is 11.7. The summed E-state index contributed by atoms with van der Waals surface area (Å²) in [5.41, 5.74) is 0. The van der Waals surface area contributed by atoms with Crippen molar-refractivity contribution in [2.75, 3.05) is 13.1 Å². The summed E-state index contributed by atoms with van der Waals surface area (Å²) in [4.78, 5) is 44.9. The smallest absolute Gasteiger partial charge is 0.219 e. The molecule has 0 bridgehead atoms. The van der Waals surface area contributed by atoms with Crippen LogP contribution in [-0.4, -0.2) is 36.5 Å². The molecular weight excluding hydrogens is 404 g/mol. The van der Waals surface area contributed by atoms with Crippen LogP contribution in [0.15, 0.2) is 0 Å². The molecule has 0 aliphatic rings. The Balaban J connectivity index is -0.000000597. The highest BCUT2D eigenvalue weighted by atomic mass is 16.2. The van der Waals surface area contributed by atoms with Gasteiger partial charge < -0.3 is 20.2 Å². The fourth-order valence-electron chi connectivity index (χ4n) is 2.55. The molecule has 0 heterocycles. The van der Waals surface area contributed by atoms with Crippen LogP contribution >= 0.6 is 0 Å². The number of hydrogen-bond donors (Lipinski definition) is 2. The summed E-state index contributed by atoms with van der Waals surface area (Å²) < 4.78 is 0. The first-order valence-electron chi connectivity index (χ1n) is 12.9. The largest absolute Gasteiger partial charge is 0.356 e. The Bertz CT molecular complexity index is 398. The number of Topliss-reactive ketones (excluding diaryl/α,β-unsaturated/α-hetero) is 2. The van der Waals surface area contributed by atoms with Gasteiger partial charge >= 0.3 is 0 Å². The van der Waals surface area contributed by atoms with Gasteiger partial charge in [0.15, 0.2) is 0 Å². The van der Waals surface area contributed by atoms with E-state index in [1.165, 1.54) is 0 Å². The molecule has 0 atom stereocenters. The molecule has 0 unspecified atom stereocenters. The maximum atomic E-state index is 11.7. The number of amides is 2. The third-order valence-corrected chi connectivity index (χ3v) is 4.11. The molecule has 0 radical (unpaired) electrons. The minimum Gasteiger partial charge on any atom is -0.356 e. The van der Waals surface area contributed by atoms with E-state index in [1.54, 1.807) is 13.8 Å². The van der Waals surface area contributed by atoms with Gasteiger partial charge in [0.2, 0.25) is 11.8 Å². The number of nitrogens with one attached hydrogen (secondary N) is 2. The Kier molecular flexibility index (Phi) is 39.8. The quantitative estimate of drug-likeness (QED) is 0.255. The van der Waals surface area contributed by atoms with Crippen LogP contribution in [0.3, 0.4) is 0 Å². The van der Waals surface area contributed by atoms with E-state index < -0.39 is 0 Å². The lowest BCUT2D eigenvalue weighted by molar-refractivity contribution is -0.123. The molecule has 0 saturated heterocycles. The number of rotatable bonds is 17. The Labute approximate surface area is 199 Å². The van der Waals surface area contributed by atoms with E-state index in [1.807, 2.05) is 41.5 Å². The molecule has 2 N–H and O–H groups in total. The van der Waals surface area contributed by atoms with Crippen LogP contribution in [-0.2, 0) is 19.2 Å². The highest BCUT2D eigenvalue weighted by Crippen LogP contribution is 2.03.